The number of halogens is 4. The normalized spacial score (nSPS) is 19.7. The Morgan fingerprint density at radius 1 is 1.40 bits per heavy atom. The molecule has 20 heavy (non-hydrogen) atoms. The van der Waals surface area contributed by atoms with E-state index in [1.54, 1.807) is 0 Å². The standard InChI is InChI=1S/C13H14BrF3N2O/c14-10-4-3-9(13(15,16)17)6-11(10)19-12(20)8-2-1-5-18-7-8/h3-4,6,8,18H,1-2,5,7H2,(H,19,20). The molecule has 1 heterocycles. The molecule has 0 aromatic heterocycles. The number of hydrogen-bond donors (Lipinski definition) is 2. The summed E-state index contributed by atoms with van der Waals surface area (Å²) in [7, 11) is 0. The van der Waals surface area contributed by atoms with Crippen LogP contribution in [0.5, 0.6) is 0 Å². The van der Waals surface area contributed by atoms with E-state index in [4.69, 9.17) is 0 Å². The molecule has 0 spiro atoms. The van der Waals surface area contributed by atoms with Crippen molar-refractivity contribution < 1.29 is 18.0 Å². The lowest BCUT2D eigenvalue weighted by Crippen LogP contribution is -2.37. The molecule has 1 unspecified atom stereocenters. The Morgan fingerprint density at radius 2 is 2.15 bits per heavy atom. The summed E-state index contributed by atoms with van der Waals surface area (Å²) < 4.78 is 38.4. The van der Waals surface area contributed by atoms with Gasteiger partial charge in [0.25, 0.3) is 0 Å². The van der Waals surface area contributed by atoms with Crippen molar-refractivity contribution in [1.82, 2.24) is 5.32 Å². The summed E-state index contributed by atoms with van der Waals surface area (Å²) in [6.07, 6.45) is -2.79. The van der Waals surface area contributed by atoms with E-state index in [1.165, 1.54) is 6.07 Å². The number of nitrogens with one attached hydrogen (secondary N) is 2. The molecule has 1 atom stereocenters. The van der Waals surface area contributed by atoms with Crippen LogP contribution in [0.3, 0.4) is 0 Å². The predicted octanol–water partition coefficient (Wildman–Crippen LogP) is 3.41. The van der Waals surface area contributed by atoms with Gasteiger partial charge in [-0.15, -0.1) is 0 Å². The van der Waals surface area contributed by atoms with Gasteiger partial charge >= 0.3 is 6.18 Å². The van der Waals surface area contributed by atoms with Crippen LogP contribution in [0.2, 0.25) is 0 Å². The second-order valence-electron chi connectivity index (χ2n) is 4.72. The van der Waals surface area contributed by atoms with E-state index >= 15 is 0 Å². The van der Waals surface area contributed by atoms with Crippen LogP contribution in [-0.4, -0.2) is 19.0 Å². The fourth-order valence-electron chi connectivity index (χ4n) is 2.11. The average molecular weight is 351 g/mol. The van der Waals surface area contributed by atoms with Gasteiger partial charge in [0.2, 0.25) is 5.91 Å². The highest BCUT2D eigenvalue weighted by atomic mass is 79.9. The highest BCUT2D eigenvalue weighted by Crippen LogP contribution is 2.34. The molecule has 2 rings (SSSR count). The fourth-order valence-corrected chi connectivity index (χ4v) is 2.45. The van der Waals surface area contributed by atoms with Crippen LogP contribution < -0.4 is 10.6 Å². The lowest BCUT2D eigenvalue weighted by Gasteiger charge is -2.22. The average Bonchev–Trinajstić information content (AvgIpc) is 2.41. The van der Waals surface area contributed by atoms with Crippen molar-refractivity contribution >= 4 is 27.5 Å². The minimum Gasteiger partial charge on any atom is -0.325 e. The third kappa shape index (κ3) is 3.73. The van der Waals surface area contributed by atoms with Crippen molar-refractivity contribution in [1.29, 1.82) is 0 Å². The molecule has 1 saturated heterocycles. The molecule has 1 aliphatic rings. The molecule has 110 valence electrons. The van der Waals surface area contributed by atoms with E-state index in [0.717, 1.165) is 31.5 Å². The molecule has 3 nitrogen and oxygen atoms in total. The summed E-state index contributed by atoms with van der Waals surface area (Å²) in [4.78, 5) is 12.0. The van der Waals surface area contributed by atoms with Crippen molar-refractivity contribution in [2.45, 2.75) is 19.0 Å². The van der Waals surface area contributed by atoms with E-state index < -0.39 is 11.7 Å². The fraction of sp³-hybridized carbons (Fsp3) is 0.462. The van der Waals surface area contributed by atoms with Gasteiger partial charge in [0, 0.05) is 11.0 Å². The maximum atomic E-state index is 12.7. The molecule has 0 radical (unpaired) electrons. The highest BCUT2D eigenvalue weighted by Gasteiger charge is 2.31. The summed E-state index contributed by atoms with van der Waals surface area (Å²) >= 11 is 3.15. The minimum absolute atomic E-state index is 0.149. The summed E-state index contributed by atoms with van der Waals surface area (Å²) in [6, 6.07) is 3.21. The maximum absolute atomic E-state index is 12.7. The van der Waals surface area contributed by atoms with Gasteiger partial charge in [0.15, 0.2) is 0 Å². The number of alkyl halides is 3. The minimum atomic E-state index is -4.42. The second kappa shape index (κ2) is 6.13. The Hall–Kier alpha value is -1.08. The van der Waals surface area contributed by atoms with Crippen LogP contribution in [0.25, 0.3) is 0 Å². The van der Waals surface area contributed by atoms with Gasteiger partial charge in [-0.3, -0.25) is 4.79 Å². The maximum Gasteiger partial charge on any atom is 0.416 e. The number of hydrogen-bond acceptors (Lipinski definition) is 2. The molecule has 0 bridgehead atoms. The van der Waals surface area contributed by atoms with Gasteiger partial charge in [-0.05, 0) is 53.5 Å². The zero-order chi connectivity index (χ0) is 14.8. The van der Waals surface area contributed by atoms with Crippen molar-refractivity contribution in [3.05, 3.63) is 28.2 Å². The Balaban J connectivity index is 2.13. The van der Waals surface area contributed by atoms with Crippen molar-refractivity contribution in [2.24, 2.45) is 5.92 Å². The third-order valence-electron chi connectivity index (χ3n) is 3.22. The van der Waals surface area contributed by atoms with E-state index in [1.807, 2.05) is 0 Å². The van der Waals surface area contributed by atoms with Crippen LogP contribution in [0.1, 0.15) is 18.4 Å². The third-order valence-corrected chi connectivity index (χ3v) is 3.91. The van der Waals surface area contributed by atoms with E-state index in [0.29, 0.717) is 11.0 Å². The summed E-state index contributed by atoms with van der Waals surface area (Å²) in [5.74, 6) is -0.456. The largest absolute Gasteiger partial charge is 0.416 e. The van der Waals surface area contributed by atoms with E-state index in [2.05, 4.69) is 26.6 Å². The van der Waals surface area contributed by atoms with Gasteiger partial charge in [0.1, 0.15) is 0 Å². The summed E-state index contributed by atoms with van der Waals surface area (Å²) in [6.45, 7) is 1.43. The van der Waals surface area contributed by atoms with Crippen molar-refractivity contribution in [3.8, 4) is 0 Å². The van der Waals surface area contributed by atoms with Crippen LogP contribution >= 0.6 is 15.9 Å². The van der Waals surface area contributed by atoms with Crippen LogP contribution in [0, 0.1) is 5.92 Å². The zero-order valence-electron chi connectivity index (χ0n) is 10.6. The van der Waals surface area contributed by atoms with Gasteiger partial charge in [-0.25, -0.2) is 0 Å². The van der Waals surface area contributed by atoms with Gasteiger partial charge in [-0.2, -0.15) is 13.2 Å². The molecule has 1 aliphatic heterocycles. The van der Waals surface area contributed by atoms with Gasteiger partial charge in [-0.1, -0.05) is 0 Å². The topological polar surface area (TPSA) is 41.1 Å². The molecule has 0 saturated carbocycles. The van der Waals surface area contributed by atoms with Gasteiger partial charge in [0.05, 0.1) is 17.2 Å². The highest BCUT2D eigenvalue weighted by molar-refractivity contribution is 9.10. The number of benzene rings is 1. The van der Waals surface area contributed by atoms with Crippen molar-refractivity contribution in [3.63, 3.8) is 0 Å². The monoisotopic (exact) mass is 350 g/mol. The van der Waals surface area contributed by atoms with Gasteiger partial charge < -0.3 is 10.6 Å². The summed E-state index contributed by atoms with van der Waals surface area (Å²) in [5.41, 5.74) is -0.631. The first-order valence-electron chi connectivity index (χ1n) is 6.26. The number of carbonyl (C=O) groups is 1. The molecule has 0 aliphatic carbocycles. The lowest BCUT2D eigenvalue weighted by atomic mass is 9.99. The molecule has 1 amide bonds. The number of anilines is 1. The van der Waals surface area contributed by atoms with E-state index in [-0.39, 0.29) is 17.5 Å². The number of rotatable bonds is 2. The first-order chi connectivity index (χ1) is 9.38. The molecule has 7 heteroatoms. The van der Waals surface area contributed by atoms with E-state index in [9.17, 15) is 18.0 Å². The zero-order valence-corrected chi connectivity index (χ0v) is 12.1. The molecular formula is C13H14BrF3N2O. The first kappa shape index (κ1) is 15.3. The number of amides is 1. The molecular weight excluding hydrogens is 337 g/mol. The van der Waals surface area contributed by atoms with Crippen molar-refractivity contribution in [2.75, 3.05) is 18.4 Å². The smallest absolute Gasteiger partial charge is 0.325 e. The Labute approximate surface area is 123 Å². The Kier molecular flexibility index (Phi) is 4.70. The van der Waals surface area contributed by atoms with Crippen LogP contribution in [-0.2, 0) is 11.0 Å². The molecule has 2 N–H and O–H groups in total. The second-order valence-corrected chi connectivity index (χ2v) is 5.58. The lowest BCUT2D eigenvalue weighted by molar-refractivity contribution is -0.137. The Bertz CT molecular complexity index is 499. The molecule has 1 aromatic carbocycles. The number of piperidine rings is 1. The SMILES string of the molecule is O=C(Nc1cc(C(F)(F)F)ccc1Br)C1CCCNC1. The summed E-state index contributed by atoms with van der Waals surface area (Å²) in [5, 5.41) is 5.67. The Morgan fingerprint density at radius 3 is 2.75 bits per heavy atom. The molecule has 1 aromatic rings. The predicted molar refractivity (Wildman–Crippen MR) is 73.4 cm³/mol. The number of carbonyl (C=O) groups excluding carboxylic acids is 1. The quantitative estimate of drug-likeness (QED) is 0.858. The molecule has 1 fully saturated rings. The first-order valence-corrected chi connectivity index (χ1v) is 7.05. The van der Waals surface area contributed by atoms with Crippen LogP contribution in [0.15, 0.2) is 22.7 Å². The van der Waals surface area contributed by atoms with Crippen LogP contribution in [0.4, 0.5) is 18.9 Å².